The molecule has 1 aromatic carbocycles. The largest absolute Gasteiger partial charge is 0.463 e. The number of aryl methyl sites for hydroxylation is 1. The van der Waals surface area contributed by atoms with Crippen LogP contribution in [0.15, 0.2) is 64.0 Å². The monoisotopic (exact) mass is 438 g/mol. The molecule has 31 heavy (non-hydrogen) atoms. The molecule has 4 aromatic rings. The van der Waals surface area contributed by atoms with Gasteiger partial charge in [-0.3, -0.25) is 9.59 Å². The van der Waals surface area contributed by atoms with Crippen molar-refractivity contribution in [2.45, 2.75) is 26.4 Å². The lowest BCUT2D eigenvalue weighted by atomic mass is 10.2. The maximum Gasteiger partial charge on any atom is 0.267 e. The highest BCUT2D eigenvalue weighted by Crippen LogP contribution is 2.29. The molecule has 0 unspecified atom stereocenters. The summed E-state index contributed by atoms with van der Waals surface area (Å²) in [6.45, 7) is 3.62. The molecule has 9 heteroatoms. The second kappa shape index (κ2) is 8.65. The van der Waals surface area contributed by atoms with E-state index in [0.717, 1.165) is 9.56 Å². The van der Waals surface area contributed by atoms with Gasteiger partial charge in [0.25, 0.3) is 5.56 Å². The quantitative estimate of drug-likeness (QED) is 0.492. The van der Waals surface area contributed by atoms with Gasteiger partial charge >= 0.3 is 0 Å². The molecule has 3 heterocycles. The molecule has 0 aliphatic heterocycles. The van der Waals surface area contributed by atoms with E-state index in [9.17, 15) is 14.0 Å². The van der Waals surface area contributed by atoms with Crippen LogP contribution in [0.25, 0.3) is 22.0 Å². The van der Waals surface area contributed by atoms with Crippen LogP contribution < -0.4 is 10.9 Å². The van der Waals surface area contributed by atoms with Crippen LogP contribution >= 0.6 is 11.3 Å². The van der Waals surface area contributed by atoms with Gasteiger partial charge in [-0.15, -0.1) is 11.3 Å². The third-order valence-electron chi connectivity index (χ3n) is 4.77. The molecule has 0 fully saturated rings. The van der Waals surface area contributed by atoms with Crippen molar-refractivity contribution < 1.29 is 13.6 Å². The van der Waals surface area contributed by atoms with Crippen molar-refractivity contribution in [3.63, 3.8) is 0 Å². The van der Waals surface area contributed by atoms with Crippen LogP contribution in [0.3, 0.4) is 0 Å². The average molecular weight is 438 g/mol. The Labute approximate surface area is 181 Å². The van der Waals surface area contributed by atoms with Crippen molar-refractivity contribution >= 4 is 17.2 Å². The molecular weight excluding hydrogens is 419 g/mol. The molecule has 3 aromatic heterocycles. The van der Waals surface area contributed by atoms with Crippen LogP contribution in [-0.4, -0.2) is 20.7 Å². The Balaban J connectivity index is 1.49. The Bertz CT molecular complexity index is 1280. The number of rotatable bonds is 6. The molecule has 0 aliphatic carbocycles. The molecule has 0 saturated heterocycles. The predicted molar refractivity (Wildman–Crippen MR) is 115 cm³/mol. The molecule has 1 atom stereocenters. The van der Waals surface area contributed by atoms with Gasteiger partial charge < -0.3 is 9.73 Å². The second-order valence-electron chi connectivity index (χ2n) is 6.88. The molecular formula is C22H19FN4O3S. The summed E-state index contributed by atoms with van der Waals surface area (Å²) in [6.07, 6.45) is 1.51. The zero-order valence-electron chi connectivity index (χ0n) is 16.8. The van der Waals surface area contributed by atoms with Crippen molar-refractivity contribution in [2.75, 3.05) is 0 Å². The zero-order chi connectivity index (χ0) is 22.0. The normalized spacial score (nSPS) is 12.0. The Morgan fingerprint density at radius 3 is 2.77 bits per heavy atom. The van der Waals surface area contributed by atoms with E-state index >= 15 is 0 Å². The van der Waals surface area contributed by atoms with Crippen molar-refractivity contribution in [1.29, 1.82) is 0 Å². The number of hydrogen-bond acceptors (Lipinski definition) is 6. The molecule has 4 rings (SSSR count). The minimum absolute atomic E-state index is 0.216. The summed E-state index contributed by atoms with van der Waals surface area (Å²) in [5.41, 5.74) is 1.20. The van der Waals surface area contributed by atoms with E-state index in [1.807, 2.05) is 6.92 Å². The lowest BCUT2D eigenvalue weighted by Gasteiger charge is -2.14. The first-order chi connectivity index (χ1) is 14.9. The van der Waals surface area contributed by atoms with Crippen LogP contribution in [0.5, 0.6) is 0 Å². The molecule has 7 nitrogen and oxygen atoms in total. The number of aromatic nitrogens is 3. The Morgan fingerprint density at radius 1 is 1.23 bits per heavy atom. The van der Waals surface area contributed by atoms with Crippen molar-refractivity contribution in [1.82, 2.24) is 20.1 Å². The number of carbonyl (C=O) groups is 1. The van der Waals surface area contributed by atoms with E-state index in [1.54, 1.807) is 43.3 Å². The summed E-state index contributed by atoms with van der Waals surface area (Å²) in [4.78, 5) is 30.2. The van der Waals surface area contributed by atoms with Gasteiger partial charge in [0.1, 0.15) is 22.6 Å². The average Bonchev–Trinajstić information content (AvgIpc) is 3.42. The highest BCUT2D eigenvalue weighted by molar-refractivity contribution is 7.15. The van der Waals surface area contributed by atoms with Crippen LogP contribution in [0.4, 0.5) is 4.39 Å². The number of benzene rings is 1. The Hall–Kier alpha value is -3.59. The number of nitrogens with zero attached hydrogens (tertiary/aromatic N) is 3. The van der Waals surface area contributed by atoms with Gasteiger partial charge in [-0.25, -0.2) is 14.1 Å². The van der Waals surface area contributed by atoms with E-state index in [-0.39, 0.29) is 18.3 Å². The van der Waals surface area contributed by atoms with Crippen molar-refractivity contribution in [3.05, 3.63) is 81.5 Å². The number of carbonyl (C=O) groups excluding carboxylic acids is 1. The van der Waals surface area contributed by atoms with Crippen LogP contribution in [0, 0.1) is 12.7 Å². The Morgan fingerprint density at radius 2 is 2.03 bits per heavy atom. The van der Waals surface area contributed by atoms with Gasteiger partial charge in [0, 0.05) is 16.5 Å². The molecule has 0 spiro atoms. The molecule has 0 saturated carbocycles. The SMILES string of the molecule is Cc1nc(-c2ccccc2F)sc1CNC(=O)[C@@H](C)n1nc(-c2ccco2)ccc1=O. The molecule has 158 valence electrons. The third-order valence-corrected chi connectivity index (χ3v) is 5.96. The van der Waals surface area contributed by atoms with Crippen molar-refractivity contribution in [2.24, 2.45) is 0 Å². The van der Waals surface area contributed by atoms with Gasteiger partial charge in [0.05, 0.1) is 18.5 Å². The van der Waals surface area contributed by atoms with E-state index < -0.39 is 11.6 Å². The fourth-order valence-corrected chi connectivity index (χ4v) is 4.06. The van der Waals surface area contributed by atoms with Crippen molar-refractivity contribution in [3.8, 4) is 22.0 Å². The first kappa shape index (κ1) is 20.7. The number of thiazole rings is 1. The van der Waals surface area contributed by atoms with Gasteiger partial charge in [0.15, 0.2) is 5.76 Å². The van der Waals surface area contributed by atoms with E-state index in [1.165, 1.54) is 29.7 Å². The topological polar surface area (TPSA) is 90.0 Å². The fraction of sp³-hybridized carbons (Fsp3) is 0.182. The summed E-state index contributed by atoms with van der Waals surface area (Å²) < 4.78 is 20.5. The third kappa shape index (κ3) is 4.31. The van der Waals surface area contributed by atoms with E-state index in [2.05, 4.69) is 15.4 Å². The van der Waals surface area contributed by atoms with Gasteiger partial charge in [0.2, 0.25) is 5.91 Å². The van der Waals surface area contributed by atoms with Crippen LogP contribution in [0.1, 0.15) is 23.5 Å². The number of halogens is 1. The van der Waals surface area contributed by atoms with Crippen LogP contribution in [-0.2, 0) is 11.3 Å². The number of furan rings is 1. The number of nitrogens with one attached hydrogen (secondary N) is 1. The summed E-state index contributed by atoms with van der Waals surface area (Å²) in [6, 6.07) is 11.9. The van der Waals surface area contributed by atoms with Gasteiger partial charge in [-0.05, 0) is 44.2 Å². The summed E-state index contributed by atoms with van der Waals surface area (Å²) in [5.74, 6) is -0.212. The summed E-state index contributed by atoms with van der Waals surface area (Å²) in [5, 5.41) is 7.63. The lowest BCUT2D eigenvalue weighted by molar-refractivity contribution is -0.124. The first-order valence-electron chi connectivity index (χ1n) is 9.56. The minimum Gasteiger partial charge on any atom is -0.463 e. The van der Waals surface area contributed by atoms with Gasteiger partial charge in [-0.2, -0.15) is 5.10 Å². The molecule has 1 N–H and O–H groups in total. The molecule has 0 aliphatic rings. The molecule has 1 amide bonds. The first-order valence-corrected chi connectivity index (χ1v) is 10.4. The number of hydrogen-bond donors (Lipinski definition) is 1. The number of amides is 1. The standard InChI is InChI=1S/C22H19FN4O3S/c1-13-19(31-22(25-13)15-6-3-4-7-16(15)23)12-24-21(29)14(2)27-20(28)10-9-17(26-27)18-8-5-11-30-18/h3-11,14H,12H2,1-2H3,(H,24,29)/t14-/m1/s1. The van der Waals surface area contributed by atoms with Crippen LogP contribution in [0.2, 0.25) is 0 Å². The Kier molecular flexibility index (Phi) is 5.77. The molecule has 0 radical (unpaired) electrons. The molecule has 0 bridgehead atoms. The van der Waals surface area contributed by atoms with E-state index in [0.29, 0.717) is 27.7 Å². The summed E-state index contributed by atoms with van der Waals surface area (Å²) in [7, 11) is 0. The second-order valence-corrected chi connectivity index (χ2v) is 7.96. The maximum absolute atomic E-state index is 14.0. The highest BCUT2D eigenvalue weighted by atomic mass is 32.1. The van der Waals surface area contributed by atoms with Gasteiger partial charge in [-0.1, -0.05) is 12.1 Å². The zero-order valence-corrected chi connectivity index (χ0v) is 17.6. The maximum atomic E-state index is 14.0. The highest BCUT2D eigenvalue weighted by Gasteiger charge is 2.20. The summed E-state index contributed by atoms with van der Waals surface area (Å²) >= 11 is 1.32. The minimum atomic E-state index is -0.832. The lowest BCUT2D eigenvalue weighted by Crippen LogP contribution is -2.36. The predicted octanol–water partition coefficient (Wildman–Crippen LogP) is 3.95. The fourth-order valence-electron chi connectivity index (χ4n) is 3.03. The van der Waals surface area contributed by atoms with E-state index in [4.69, 9.17) is 4.42 Å². The smallest absolute Gasteiger partial charge is 0.267 e.